The molecule has 0 saturated carbocycles. The van der Waals surface area contributed by atoms with Crippen LogP contribution in [0.4, 0.5) is 5.95 Å². The second-order valence-electron chi connectivity index (χ2n) is 6.31. The highest BCUT2D eigenvalue weighted by Crippen LogP contribution is 2.27. The first kappa shape index (κ1) is 15.8. The van der Waals surface area contributed by atoms with Crippen molar-refractivity contribution in [2.45, 2.75) is 26.3 Å². The smallest absolute Gasteiger partial charge is 0.211 e. The van der Waals surface area contributed by atoms with Crippen LogP contribution in [-0.4, -0.2) is 19.6 Å². The minimum atomic E-state index is 0.235. The summed E-state index contributed by atoms with van der Waals surface area (Å²) in [5.41, 5.74) is 2.78. The van der Waals surface area contributed by atoms with Gasteiger partial charge in [0, 0.05) is 22.9 Å². The van der Waals surface area contributed by atoms with E-state index >= 15 is 0 Å². The minimum absolute atomic E-state index is 0.235. The van der Waals surface area contributed by atoms with Gasteiger partial charge in [-0.15, -0.1) is 10.2 Å². The zero-order valence-corrected chi connectivity index (χ0v) is 14.8. The predicted octanol–water partition coefficient (Wildman–Crippen LogP) is 4.67. The van der Waals surface area contributed by atoms with Crippen molar-refractivity contribution in [3.05, 3.63) is 64.9 Å². The van der Waals surface area contributed by atoms with Crippen molar-refractivity contribution in [1.29, 1.82) is 0 Å². The third-order valence-corrected chi connectivity index (χ3v) is 4.37. The Labute approximate surface area is 150 Å². The molecule has 0 atom stereocenters. The molecule has 0 fully saturated rings. The van der Waals surface area contributed by atoms with Crippen molar-refractivity contribution >= 4 is 34.1 Å². The van der Waals surface area contributed by atoms with Crippen molar-refractivity contribution in [2.75, 3.05) is 5.32 Å². The molecule has 2 heterocycles. The first-order valence-electron chi connectivity index (χ1n) is 8.25. The Hall–Kier alpha value is -2.66. The zero-order chi connectivity index (χ0) is 17.4. The van der Waals surface area contributed by atoms with Crippen molar-refractivity contribution in [1.82, 2.24) is 19.6 Å². The number of aromatic nitrogens is 4. The Bertz CT molecular complexity index is 1040. The Morgan fingerprint density at radius 2 is 1.88 bits per heavy atom. The van der Waals surface area contributed by atoms with Gasteiger partial charge >= 0.3 is 0 Å². The summed E-state index contributed by atoms with van der Waals surface area (Å²) in [5, 5.41) is 13.8. The Kier molecular flexibility index (Phi) is 4.01. The average Bonchev–Trinajstić information content (AvgIpc) is 3.06. The van der Waals surface area contributed by atoms with Gasteiger partial charge in [0.2, 0.25) is 5.95 Å². The van der Waals surface area contributed by atoms with Gasteiger partial charge in [-0.3, -0.25) is 0 Å². The molecule has 25 heavy (non-hydrogen) atoms. The summed E-state index contributed by atoms with van der Waals surface area (Å²) < 4.78 is 2.00. The molecule has 0 amide bonds. The summed E-state index contributed by atoms with van der Waals surface area (Å²) in [5.74, 6) is 1.84. The molecule has 0 aliphatic rings. The maximum Gasteiger partial charge on any atom is 0.211 e. The maximum absolute atomic E-state index is 6.15. The summed E-state index contributed by atoms with van der Waals surface area (Å²) in [6, 6.07) is 15.9. The second kappa shape index (κ2) is 6.33. The molecular formula is C19H18ClN5. The lowest BCUT2D eigenvalue weighted by molar-refractivity contribution is 0.756. The first-order chi connectivity index (χ1) is 12.1. The summed E-state index contributed by atoms with van der Waals surface area (Å²) in [4.78, 5) is 4.78. The molecule has 126 valence electrons. The van der Waals surface area contributed by atoms with Crippen LogP contribution in [0.15, 0.2) is 48.5 Å². The van der Waals surface area contributed by atoms with Crippen molar-refractivity contribution in [3.63, 3.8) is 0 Å². The molecule has 0 spiro atoms. The normalized spacial score (nSPS) is 11.5. The van der Waals surface area contributed by atoms with Crippen LogP contribution in [0, 0.1) is 0 Å². The van der Waals surface area contributed by atoms with Crippen LogP contribution in [0.5, 0.6) is 0 Å². The number of rotatable bonds is 4. The number of nitrogens with one attached hydrogen (secondary N) is 1. The van der Waals surface area contributed by atoms with Gasteiger partial charge in [0.1, 0.15) is 5.82 Å². The minimum Gasteiger partial charge on any atom is -0.351 e. The van der Waals surface area contributed by atoms with E-state index in [0.717, 1.165) is 28.3 Å². The molecular weight excluding hydrogens is 334 g/mol. The average molecular weight is 352 g/mol. The fourth-order valence-corrected chi connectivity index (χ4v) is 3.07. The van der Waals surface area contributed by atoms with Crippen LogP contribution in [-0.2, 0) is 6.54 Å². The topological polar surface area (TPSA) is 55.1 Å². The number of benzene rings is 2. The Morgan fingerprint density at radius 1 is 1.08 bits per heavy atom. The third-order valence-electron chi connectivity index (χ3n) is 4.14. The van der Waals surface area contributed by atoms with Crippen molar-refractivity contribution < 1.29 is 0 Å². The summed E-state index contributed by atoms with van der Waals surface area (Å²) in [7, 11) is 0. The van der Waals surface area contributed by atoms with Gasteiger partial charge < -0.3 is 5.32 Å². The number of fused-ring (bicyclic) bond motifs is 3. The van der Waals surface area contributed by atoms with Gasteiger partial charge in [-0.25, -0.2) is 9.38 Å². The van der Waals surface area contributed by atoms with Gasteiger partial charge in [-0.05, 0) is 23.8 Å². The lowest BCUT2D eigenvalue weighted by Crippen LogP contribution is -2.09. The van der Waals surface area contributed by atoms with E-state index in [9.17, 15) is 0 Å². The van der Waals surface area contributed by atoms with E-state index in [-0.39, 0.29) is 5.92 Å². The molecule has 5 nitrogen and oxygen atoms in total. The molecule has 0 aliphatic heterocycles. The van der Waals surface area contributed by atoms with Crippen LogP contribution >= 0.6 is 11.6 Å². The summed E-state index contributed by atoms with van der Waals surface area (Å²) >= 11 is 6.15. The van der Waals surface area contributed by atoms with Crippen LogP contribution in [0.25, 0.3) is 16.6 Å². The van der Waals surface area contributed by atoms with E-state index in [1.54, 1.807) is 0 Å². The fraction of sp³-hybridized carbons (Fsp3) is 0.211. The number of nitrogens with zero attached hydrogens (tertiary/aromatic N) is 4. The molecule has 1 N–H and O–H groups in total. The number of hydrogen-bond donors (Lipinski definition) is 1. The van der Waals surface area contributed by atoms with E-state index in [1.165, 1.54) is 5.56 Å². The van der Waals surface area contributed by atoms with Gasteiger partial charge in [0.15, 0.2) is 5.65 Å². The SMILES string of the molecule is CC(C)c1nnc2c3ccc(Cl)cc3nc(NCc3ccccc3)n12. The molecule has 0 bridgehead atoms. The van der Waals surface area contributed by atoms with Gasteiger partial charge in [-0.2, -0.15) is 0 Å². The van der Waals surface area contributed by atoms with Gasteiger partial charge in [0.05, 0.1) is 5.52 Å². The van der Waals surface area contributed by atoms with Crippen molar-refractivity contribution in [2.24, 2.45) is 0 Å². The summed E-state index contributed by atoms with van der Waals surface area (Å²) in [6.45, 7) is 4.87. The van der Waals surface area contributed by atoms with Crippen LogP contribution in [0.3, 0.4) is 0 Å². The lowest BCUT2D eigenvalue weighted by atomic mass is 10.2. The van der Waals surface area contributed by atoms with Crippen LogP contribution < -0.4 is 5.32 Å². The molecule has 0 aliphatic carbocycles. The third kappa shape index (κ3) is 2.91. The molecule has 0 radical (unpaired) electrons. The predicted molar refractivity (Wildman–Crippen MR) is 101 cm³/mol. The van der Waals surface area contributed by atoms with Crippen LogP contribution in [0.1, 0.15) is 31.2 Å². The second-order valence-corrected chi connectivity index (χ2v) is 6.74. The molecule has 0 saturated heterocycles. The summed E-state index contributed by atoms with van der Waals surface area (Å²) in [6.07, 6.45) is 0. The molecule has 4 aromatic rings. The van der Waals surface area contributed by atoms with E-state index in [0.29, 0.717) is 11.6 Å². The largest absolute Gasteiger partial charge is 0.351 e. The van der Waals surface area contributed by atoms with E-state index in [1.807, 2.05) is 40.8 Å². The monoisotopic (exact) mass is 351 g/mol. The molecule has 2 aromatic heterocycles. The van der Waals surface area contributed by atoms with Crippen molar-refractivity contribution in [3.8, 4) is 0 Å². The maximum atomic E-state index is 6.15. The highest BCUT2D eigenvalue weighted by molar-refractivity contribution is 6.31. The number of hydrogen-bond acceptors (Lipinski definition) is 4. The first-order valence-corrected chi connectivity index (χ1v) is 8.63. The number of anilines is 1. The Morgan fingerprint density at radius 3 is 2.64 bits per heavy atom. The van der Waals surface area contributed by atoms with E-state index < -0.39 is 0 Å². The fourth-order valence-electron chi connectivity index (χ4n) is 2.90. The van der Waals surface area contributed by atoms with Gasteiger partial charge in [0.25, 0.3) is 0 Å². The van der Waals surface area contributed by atoms with E-state index in [4.69, 9.17) is 16.6 Å². The zero-order valence-electron chi connectivity index (χ0n) is 14.1. The van der Waals surface area contributed by atoms with E-state index in [2.05, 4.69) is 41.5 Å². The van der Waals surface area contributed by atoms with Crippen LogP contribution in [0.2, 0.25) is 5.02 Å². The molecule has 4 rings (SSSR count). The van der Waals surface area contributed by atoms with Gasteiger partial charge in [-0.1, -0.05) is 55.8 Å². The standard InChI is InChI=1S/C19H18ClN5/c1-12(2)17-23-24-18-15-9-8-14(20)10-16(15)22-19(25(17)18)21-11-13-6-4-3-5-7-13/h3-10,12H,11H2,1-2H3,(H,21,22). The number of halogens is 1. The highest BCUT2D eigenvalue weighted by atomic mass is 35.5. The Balaban J connectivity index is 1.88. The highest BCUT2D eigenvalue weighted by Gasteiger charge is 2.17. The molecule has 6 heteroatoms. The molecule has 2 aromatic carbocycles. The molecule has 0 unspecified atom stereocenters. The quantitative estimate of drug-likeness (QED) is 0.580. The lowest BCUT2D eigenvalue weighted by Gasteiger charge is -2.12.